The van der Waals surface area contributed by atoms with E-state index in [1.54, 1.807) is 4.80 Å². The Morgan fingerprint density at radius 1 is 1.30 bits per heavy atom. The molecule has 0 fully saturated rings. The van der Waals surface area contributed by atoms with Crippen molar-refractivity contribution in [3.05, 3.63) is 42.2 Å². The summed E-state index contributed by atoms with van der Waals surface area (Å²) in [6.45, 7) is 4.96. The van der Waals surface area contributed by atoms with Crippen molar-refractivity contribution in [3.63, 3.8) is 0 Å². The summed E-state index contributed by atoms with van der Waals surface area (Å²) in [6, 6.07) is 10.1. The molecule has 1 N–H and O–H groups in total. The van der Waals surface area contributed by atoms with Crippen LogP contribution in [0, 0.1) is 11.8 Å². The number of rotatable bonds is 6. The van der Waals surface area contributed by atoms with Crippen LogP contribution >= 0.6 is 0 Å². The van der Waals surface area contributed by atoms with Crippen molar-refractivity contribution < 1.29 is 0 Å². The maximum Gasteiger partial charge on any atom is 0.101 e. The van der Waals surface area contributed by atoms with Crippen molar-refractivity contribution in [1.29, 1.82) is 0 Å². The number of nitrogens with zero attached hydrogens (tertiary/aromatic N) is 3. The zero-order valence-corrected chi connectivity index (χ0v) is 12.0. The molecule has 1 heterocycles. The molecular weight excluding hydrogens is 248 g/mol. The van der Waals surface area contributed by atoms with E-state index in [4.69, 9.17) is 0 Å². The van der Waals surface area contributed by atoms with Crippen LogP contribution in [-0.4, -0.2) is 21.5 Å². The lowest BCUT2D eigenvalue weighted by Crippen LogP contribution is -2.22. The maximum atomic E-state index is 4.56. The molecule has 2 rings (SSSR count). The quantitative estimate of drug-likeness (QED) is 0.819. The van der Waals surface area contributed by atoms with Gasteiger partial charge in [0.1, 0.15) is 5.69 Å². The van der Waals surface area contributed by atoms with Crippen LogP contribution in [0.15, 0.2) is 36.5 Å². The van der Waals surface area contributed by atoms with Gasteiger partial charge in [0.05, 0.1) is 17.9 Å². The van der Waals surface area contributed by atoms with Crippen LogP contribution in [0.2, 0.25) is 0 Å². The van der Waals surface area contributed by atoms with E-state index >= 15 is 0 Å². The Morgan fingerprint density at radius 3 is 2.80 bits per heavy atom. The van der Waals surface area contributed by atoms with Crippen molar-refractivity contribution in [2.75, 3.05) is 6.54 Å². The number of hydrogen-bond donors (Lipinski definition) is 1. The summed E-state index contributed by atoms with van der Waals surface area (Å²) in [7, 11) is 0. The Bertz CT molecular complexity index is 577. The van der Waals surface area contributed by atoms with Crippen LogP contribution in [0.5, 0.6) is 0 Å². The van der Waals surface area contributed by atoms with Gasteiger partial charge in [0, 0.05) is 6.42 Å². The minimum absolute atomic E-state index is 0.139. The SMILES string of the molecule is CC#CCC(NCCC)c1cnn(-c2ccccc2)n1. The first-order chi connectivity index (χ1) is 9.85. The van der Waals surface area contributed by atoms with Gasteiger partial charge in [-0.2, -0.15) is 15.0 Å². The van der Waals surface area contributed by atoms with Gasteiger partial charge in [-0.1, -0.05) is 25.1 Å². The summed E-state index contributed by atoms with van der Waals surface area (Å²) < 4.78 is 0. The lowest BCUT2D eigenvalue weighted by atomic mass is 10.1. The van der Waals surface area contributed by atoms with Gasteiger partial charge in [-0.3, -0.25) is 0 Å². The van der Waals surface area contributed by atoms with Crippen molar-refractivity contribution in [2.24, 2.45) is 0 Å². The van der Waals surface area contributed by atoms with E-state index in [1.165, 1.54) is 0 Å². The number of benzene rings is 1. The van der Waals surface area contributed by atoms with Gasteiger partial charge in [0.2, 0.25) is 0 Å². The van der Waals surface area contributed by atoms with E-state index in [2.05, 4.69) is 34.3 Å². The van der Waals surface area contributed by atoms with Crippen LogP contribution in [0.1, 0.15) is 38.4 Å². The van der Waals surface area contributed by atoms with Gasteiger partial charge in [0.25, 0.3) is 0 Å². The minimum atomic E-state index is 0.139. The van der Waals surface area contributed by atoms with Crippen molar-refractivity contribution in [2.45, 2.75) is 32.7 Å². The molecule has 20 heavy (non-hydrogen) atoms. The highest BCUT2D eigenvalue weighted by Gasteiger charge is 2.13. The monoisotopic (exact) mass is 268 g/mol. The molecule has 104 valence electrons. The van der Waals surface area contributed by atoms with Crippen LogP contribution in [0.4, 0.5) is 0 Å². The van der Waals surface area contributed by atoms with E-state index in [9.17, 15) is 0 Å². The molecule has 0 aliphatic rings. The first-order valence-corrected chi connectivity index (χ1v) is 6.95. The van der Waals surface area contributed by atoms with Gasteiger partial charge in [-0.15, -0.1) is 11.8 Å². The highest BCUT2D eigenvalue weighted by Crippen LogP contribution is 2.14. The maximum absolute atomic E-state index is 4.56. The Balaban J connectivity index is 2.16. The number of aromatic nitrogens is 3. The van der Waals surface area contributed by atoms with Gasteiger partial charge in [0.15, 0.2) is 0 Å². The second-order valence-electron chi connectivity index (χ2n) is 4.53. The number of para-hydroxylation sites is 1. The number of hydrogen-bond acceptors (Lipinski definition) is 3. The highest BCUT2D eigenvalue weighted by molar-refractivity contribution is 5.28. The molecule has 0 saturated carbocycles. The van der Waals surface area contributed by atoms with Gasteiger partial charge in [-0.05, 0) is 32.0 Å². The lowest BCUT2D eigenvalue weighted by Gasteiger charge is -2.12. The van der Waals surface area contributed by atoms with E-state index in [0.29, 0.717) is 0 Å². The number of nitrogens with one attached hydrogen (secondary N) is 1. The summed E-state index contributed by atoms with van der Waals surface area (Å²) in [5.41, 5.74) is 1.90. The third kappa shape index (κ3) is 3.69. The lowest BCUT2D eigenvalue weighted by molar-refractivity contribution is 0.526. The van der Waals surface area contributed by atoms with Gasteiger partial charge in [-0.25, -0.2) is 0 Å². The van der Waals surface area contributed by atoms with Gasteiger partial charge < -0.3 is 5.32 Å². The second-order valence-corrected chi connectivity index (χ2v) is 4.53. The largest absolute Gasteiger partial charge is 0.308 e. The van der Waals surface area contributed by atoms with Crippen LogP contribution < -0.4 is 5.32 Å². The summed E-state index contributed by atoms with van der Waals surface area (Å²) in [5.74, 6) is 6.05. The summed E-state index contributed by atoms with van der Waals surface area (Å²) in [6.07, 6.45) is 3.66. The van der Waals surface area contributed by atoms with Crippen molar-refractivity contribution >= 4 is 0 Å². The molecule has 0 bridgehead atoms. The summed E-state index contributed by atoms with van der Waals surface area (Å²) in [5, 5.41) is 12.4. The standard InChI is InChI=1S/C16H20N4/c1-3-5-11-15(17-12-4-2)16-13-18-20(19-16)14-9-7-6-8-10-14/h6-10,13,15,17H,4,11-12H2,1-2H3. The molecule has 0 saturated heterocycles. The molecular formula is C16H20N4. The fourth-order valence-corrected chi connectivity index (χ4v) is 1.92. The molecule has 1 aromatic carbocycles. The zero-order valence-electron chi connectivity index (χ0n) is 12.0. The van der Waals surface area contributed by atoms with E-state index < -0.39 is 0 Å². The van der Waals surface area contributed by atoms with Crippen LogP contribution in [0.25, 0.3) is 5.69 Å². The molecule has 4 heteroatoms. The van der Waals surface area contributed by atoms with E-state index in [0.717, 1.165) is 30.8 Å². The Labute approximate surface area is 120 Å². The fraction of sp³-hybridized carbons (Fsp3) is 0.375. The molecule has 1 atom stereocenters. The van der Waals surface area contributed by atoms with Crippen LogP contribution in [-0.2, 0) is 0 Å². The van der Waals surface area contributed by atoms with Crippen LogP contribution in [0.3, 0.4) is 0 Å². The normalized spacial score (nSPS) is 11.7. The predicted molar refractivity (Wildman–Crippen MR) is 80.5 cm³/mol. The molecule has 1 unspecified atom stereocenters. The molecule has 0 aliphatic carbocycles. The smallest absolute Gasteiger partial charge is 0.101 e. The Kier molecular flexibility index (Phi) is 5.33. The predicted octanol–water partition coefficient (Wildman–Crippen LogP) is 2.72. The molecule has 2 aromatic rings. The highest BCUT2D eigenvalue weighted by atomic mass is 15.5. The van der Waals surface area contributed by atoms with Crippen molar-refractivity contribution in [1.82, 2.24) is 20.3 Å². The van der Waals surface area contributed by atoms with E-state index in [1.807, 2.05) is 43.5 Å². The average Bonchev–Trinajstić information content (AvgIpc) is 2.98. The first kappa shape index (κ1) is 14.3. The molecule has 0 amide bonds. The topological polar surface area (TPSA) is 42.7 Å². The third-order valence-corrected chi connectivity index (χ3v) is 2.98. The Morgan fingerprint density at radius 2 is 2.10 bits per heavy atom. The Hall–Kier alpha value is -2.12. The van der Waals surface area contributed by atoms with Gasteiger partial charge >= 0.3 is 0 Å². The fourth-order valence-electron chi connectivity index (χ4n) is 1.92. The third-order valence-electron chi connectivity index (χ3n) is 2.98. The van der Waals surface area contributed by atoms with Crippen molar-refractivity contribution in [3.8, 4) is 17.5 Å². The minimum Gasteiger partial charge on any atom is -0.308 e. The van der Waals surface area contributed by atoms with E-state index in [-0.39, 0.29) is 6.04 Å². The molecule has 0 aliphatic heterocycles. The first-order valence-electron chi connectivity index (χ1n) is 6.95. The second kappa shape index (κ2) is 7.46. The molecule has 0 radical (unpaired) electrons. The zero-order chi connectivity index (χ0) is 14.2. The summed E-state index contributed by atoms with van der Waals surface area (Å²) in [4.78, 5) is 1.66. The molecule has 4 nitrogen and oxygen atoms in total. The average molecular weight is 268 g/mol. The molecule has 1 aromatic heterocycles. The molecule has 0 spiro atoms. The summed E-state index contributed by atoms with van der Waals surface area (Å²) >= 11 is 0.